The normalized spacial score (nSPS) is 13.8. The SMILES string of the molecule is Cn1cc(C(=O)Nc2sc3c(c2C#N)CCN(Cc2cccnc2)C3)cn1. The zero-order valence-corrected chi connectivity index (χ0v) is 15.7. The summed E-state index contributed by atoms with van der Waals surface area (Å²) in [5.74, 6) is -0.245. The van der Waals surface area contributed by atoms with Crippen molar-refractivity contribution in [2.45, 2.75) is 19.5 Å². The van der Waals surface area contributed by atoms with Crippen LogP contribution in [0.5, 0.6) is 0 Å². The molecule has 0 unspecified atom stereocenters. The lowest BCUT2D eigenvalue weighted by molar-refractivity contribution is 0.102. The van der Waals surface area contributed by atoms with Crippen LogP contribution >= 0.6 is 11.3 Å². The van der Waals surface area contributed by atoms with Crippen molar-refractivity contribution in [3.8, 4) is 6.07 Å². The molecule has 4 rings (SSSR count). The fraction of sp³-hybridized carbons (Fsp3) is 0.263. The molecule has 0 fully saturated rings. The maximum absolute atomic E-state index is 12.4. The zero-order valence-electron chi connectivity index (χ0n) is 14.8. The minimum Gasteiger partial charge on any atom is -0.312 e. The molecule has 3 aromatic rings. The molecule has 136 valence electrons. The van der Waals surface area contributed by atoms with Crippen LogP contribution in [-0.4, -0.2) is 32.1 Å². The van der Waals surface area contributed by atoms with Gasteiger partial charge in [-0.1, -0.05) is 6.07 Å². The number of thiophene rings is 1. The standard InChI is InChI=1S/C19H18N6OS/c1-24-11-14(9-22-24)18(26)23-19-16(7-20)15-4-6-25(12-17(15)27-19)10-13-3-2-5-21-8-13/h2-3,5,8-9,11H,4,6,10,12H2,1H3,(H,23,26). The third-order valence-electron chi connectivity index (χ3n) is 4.57. The van der Waals surface area contributed by atoms with Crippen molar-refractivity contribution >= 4 is 22.2 Å². The second kappa shape index (κ2) is 7.31. The van der Waals surface area contributed by atoms with Crippen LogP contribution in [0.2, 0.25) is 0 Å². The summed E-state index contributed by atoms with van der Waals surface area (Å²) in [5, 5.41) is 17.2. The molecule has 1 N–H and O–H groups in total. The number of hydrogen-bond donors (Lipinski definition) is 1. The Morgan fingerprint density at radius 1 is 1.44 bits per heavy atom. The van der Waals surface area contributed by atoms with Crippen LogP contribution in [0.4, 0.5) is 5.00 Å². The number of hydrogen-bond acceptors (Lipinski definition) is 6. The number of fused-ring (bicyclic) bond motifs is 1. The van der Waals surface area contributed by atoms with Crippen molar-refractivity contribution in [1.29, 1.82) is 5.26 Å². The van der Waals surface area contributed by atoms with E-state index in [-0.39, 0.29) is 5.91 Å². The van der Waals surface area contributed by atoms with E-state index in [2.05, 4.69) is 32.4 Å². The van der Waals surface area contributed by atoms with E-state index in [9.17, 15) is 10.1 Å². The molecule has 0 atom stereocenters. The van der Waals surface area contributed by atoms with E-state index >= 15 is 0 Å². The molecular weight excluding hydrogens is 360 g/mol. The highest BCUT2D eigenvalue weighted by molar-refractivity contribution is 7.16. The molecule has 4 heterocycles. The third kappa shape index (κ3) is 3.60. The summed E-state index contributed by atoms with van der Waals surface area (Å²) in [6, 6.07) is 6.28. The summed E-state index contributed by atoms with van der Waals surface area (Å²) in [6.07, 6.45) is 7.63. The fourth-order valence-electron chi connectivity index (χ4n) is 3.26. The van der Waals surface area contributed by atoms with E-state index in [0.717, 1.165) is 36.5 Å². The van der Waals surface area contributed by atoms with Crippen LogP contribution in [0.1, 0.15) is 31.9 Å². The number of nitrogens with one attached hydrogen (secondary N) is 1. The van der Waals surface area contributed by atoms with Crippen molar-refractivity contribution in [2.75, 3.05) is 11.9 Å². The molecule has 0 saturated carbocycles. The van der Waals surface area contributed by atoms with Crippen molar-refractivity contribution in [3.05, 3.63) is 64.1 Å². The number of amides is 1. The van der Waals surface area contributed by atoms with E-state index in [1.54, 1.807) is 24.1 Å². The van der Waals surface area contributed by atoms with Crippen LogP contribution in [-0.2, 0) is 26.6 Å². The van der Waals surface area contributed by atoms with E-state index in [4.69, 9.17) is 0 Å². The average Bonchev–Trinajstić information content (AvgIpc) is 3.25. The zero-order chi connectivity index (χ0) is 18.8. The minimum absolute atomic E-state index is 0.245. The minimum atomic E-state index is -0.245. The molecule has 1 aliphatic rings. The summed E-state index contributed by atoms with van der Waals surface area (Å²) >= 11 is 1.49. The number of rotatable bonds is 4. The van der Waals surface area contributed by atoms with Crippen molar-refractivity contribution in [3.63, 3.8) is 0 Å². The maximum atomic E-state index is 12.4. The number of anilines is 1. The van der Waals surface area contributed by atoms with Gasteiger partial charge >= 0.3 is 0 Å². The van der Waals surface area contributed by atoms with E-state index in [1.165, 1.54) is 23.1 Å². The number of nitriles is 1. The molecule has 7 nitrogen and oxygen atoms in total. The number of carbonyl (C=O) groups excluding carboxylic acids is 1. The highest BCUT2D eigenvalue weighted by Crippen LogP contribution is 2.37. The summed E-state index contributed by atoms with van der Waals surface area (Å²) in [6.45, 7) is 2.47. The molecule has 0 aliphatic carbocycles. The van der Waals surface area contributed by atoms with Gasteiger partial charge in [-0.15, -0.1) is 11.3 Å². The second-order valence-electron chi connectivity index (χ2n) is 6.50. The largest absolute Gasteiger partial charge is 0.312 e. The number of aryl methyl sites for hydroxylation is 1. The van der Waals surface area contributed by atoms with E-state index in [1.807, 2.05) is 12.3 Å². The van der Waals surface area contributed by atoms with Gasteiger partial charge in [0, 0.05) is 50.1 Å². The quantitative estimate of drug-likeness (QED) is 0.754. The molecule has 0 saturated heterocycles. The lowest BCUT2D eigenvalue weighted by Crippen LogP contribution is -2.29. The second-order valence-corrected chi connectivity index (χ2v) is 7.60. The van der Waals surface area contributed by atoms with Crippen LogP contribution in [0.25, 0.3) is 0 Å². The molecule has 0 bridgehead atoms. The first-order valence-corrected chi connectivity index (χ1v) is 9.41. The predicted octanol–water partition coefficient (Wildman–Crippen LogP) is 2.56. The fourth-order valence-corrected chi connectivity index (χ4v) is 4.50. The van der Waals surface area contributed by atoms with Gasteiger partial charge in [0.1, 0.15) is 11.1 Å². The molecule has 1 aliphatic heterocycles. The molecule has 27 heavy (non-hydrogen) atoms. The van der Waals surface area contributed by atoms with Crippen molar-refractivity contribution < 1.29 is 4.79 Å². The molecule has 3 aromatic heterocycles. The van der Waals surface area contributed by atoms with Gasteiger partial charge < -0.3 is 5.32 Å². The smallest absolute Gasteiger partial charge is 0.259 e. The van der Waals surface area contributed by atoms with Gasteiger partial charge in [0.05, 0.1) is 17.3 Å². The third-order valence-corrected chi connectivity index (χ3v) is 5.70. The molecule has 8 heteroatoms. The highest BCUT2D eigenvalue weighted by Gasteiger charge is 2.25. The molecule has 0 radical (unpaired) electrons. The lowest BCUT2D eigenvalue weighted by atomic mass is 10.0. The van der Waals surface area contributed by atoms with Gasteiger partial charge in [0.15, 0.2) is 0 Å². The molecule has 0 aromatic carbocycles. The molecule has 1 amide bonds. The Labute approximate surface area is 160 Å². The maximum Gasteiger partial charge on any atom is 0.259 e. The summed E-state index contributed by atoms with van der Waals surface area (Å²) in [7, 11) is 1.76. The predicted molar refractivity (Wildman–Crippen MR) is 102 cm³/mol. The van der Waals surface area contributed by atoms with Crippen molar-refractivity contribution in [1.82, 2.24) is 19.7 Å². The average molecular weight is 378 g/mol. The first kappa shape index (κ1) is 17.4. The Balaban J connectivity index is 1.53. The van der Waals surface area contributed by atoms with Gasteiger partial charge in [-0.3, -0.25) is 19.4 Å². The Bertz CT molecular complexity index is 1020. The molecular formula is C19H18N6OS. The Kier molecular flexibility index (Phi) is 4.71. The number of pyridine rings is 1. The highest BCUT2D eigenvalue weighted by atomic mass is 32.1. The van der Waals surface area contributed by atoms with Crippen LogP contribution < -0.4 is 5.32 Å². The number of carbonyl (C=O) groups is 1. The topological polar surface area (TPSA) is 86.8 Å². The van der Waals surface area contributed by atoms with Gasteiger partial charge in [-0.2, -0.15) is 10.4 Å². The van der Waals surface area contributed by atoms with Crippen LogP contribution in [0, 0.1) is 11.3 Å². The van der Waals surface area contributed by atoms with Gasteiger partial charge in [0.2, 0.25) is 0 Å². The first-order chi connectivity index (χ1) is 13.1. The van der Waals surface area contributed by atoms with Gasteiger partial charge in [-0.25, -0.2) is 0 Å². The monoisotopic (exact) mass is 378 g/mol. The molecule has 0 spiro atoms. The summed E-state index contributed by atoms with van der Waals surface area (Å²) in [4.78, 5) is 20.1. The van der Waals surface area contributed by atoms with Crippen molar-refractivity contribution in [2.24, 2.45) is 7.05 Å². The van der Waals surface area contributed by atoms with Crippen LogP contribution in [0.3, 0.4) is 0 Å². The van der Waals surface area contributed by atoms with Gasteiger partial charge in [-0.05, 0) is 23.6 Å². The van der Waals surface area contributed by atoms with E-state index in [0.29, 0.717) is 16.1 Å². The summed E-state index contributed by atoms with van der Waals surface area (Å²) < 4.78 is 1.58. The Hall–Kier alpha value is -3.02. The van der Waals surface area contributed by atoms with E-state index < -0.39 is 0 Å². The summed E-state index contributed by atoms with van der Waals surface area (Å²) in [5.41, 5.74) is 3.30. The Morgan fingerprint density at radius 2 is 2.33 bits per heavy atom. The van der Waals surface area contributed by atoms with Gasteiger partial charge in [0.25, 0.3) is 5.91 Å². The Morgan fingerprint density at radius 3 is 3.04 bits per heavy atom. The lowest BCUT2D eigenvalue weighted by Gasteiger charge is -2.26. The number of nitrogens with zero attached hydrogens (tertiary/aromatic N) is 5. The number of aromatic nitrogens is 3. The first-order valence-electron chi connectivity index (χ1n) is 8.60. The van der Waals surface area contributed by atoms with Crippen LogP contribution in [0.15, 0.2) is 36.9 Å².